The van der Waals surface area contributed by atoms with E-state index < -0.39 is 47.6 Å². The van der Waals surface area contributed by atoms with E-state index in [2.05, 4.69) is 5.32 Å². The second-order valence-electron chi connectivity index (χ2n) is 13.7. The molecule has 0 heterocycles. The Morgan fingerprint density at radius 1 is 1.02 bits per heavy atom. The quantitative estimate of drug-likeness (QED) is 0.237. The summed E-state index contributed by atoms with van der Waals surface area (Å²) in [5.74, 6) is -0.451. The summed E-state index contributed by atoms with van der Waals surface area (Å²) in [6, 6.07) is 9.05. The topological polar surface area (TPSA) is 150 Å². The lowest BCUT2D eigenvalue weighted by molar-refractivity contribution is -0.143. The van der Waals surface area contributed by atoms with E-state index in [0.717, 1.165) is 24.2 Å². The lowest BCUT2D eigenvalue weighted by Crippen LogP contribution is -2.65. The third kappa shape index (κ3) is 7.12. The van der Waals surface area contributed by atoms with E-state index in [1.807, 2.05) is 0 Å². The molecular weight excluding hydrogens is 577 g/mol. The van der Waals surface area contributed by atoms with Crippen LogP contribution in [0.15, 0.2) is 48.5 Å². The molecule has 45 heavy (non-hydrogen) atoms. The van der Waals surface area contributed by atoms with Gasteiger partial charge in [-0.2, -0.15) is 0 Å². The average Bonchev–Trinajstić information content (AvgIpc) is 3.01. The number of hydrogen-bond donors (Lipinski definition) is 4. The predicted molar refractivity (Wildman–Crippen MR) is 165 cm³/mol. The van der Waals surface area contributed by atoms with Crippen molar-refractivity contribution >= 4 is 23.9 Å². The number of nitrogens with zero attached hydrogens (tertiary/aromatic N) is 1. The van der Waals surface area contributed by atoms with Crippen molar-refractivity contribution in [2.75, 3.05) is 13.7 Å². The minimum absolute atomic E-state index is 0.0145. The maximum Gasteiger partial charge on any atom is 0.237 e. The molecule has 0 aromatic heterocycles. The summed E-state index contributed by atoms with van der Waals surface area (Å²) < 4.78 is 13.3. The summed E-state index contributed by atoms with van der Waals surface area (Å²) in [6.45, 7) is -0.814. The van der Waals surface area contributed by atoms with Gasteiger partial charge in [0.25, 0.3) is 0 Å². The van der Waals surface area contributed by atoms with Crippen LogP contribution in [-0.4, -0.2) is 70.3 Å². The predicted octanol–water partition coefficient (Wildman–Crippen LogP) is 2.99. The first-order valence-corrected chi connectivity index (χ1v) is 15.9. The Kier molecular flexibility index (Phi) is 9.74. The SMILES string of the molecule is CN(C(=O)CCc1ccc(F)cc1)[C@]([C]=O)(Cc1ccc(O)cc1)C(=O)[C@H](CO)NC(=O)[C@@H](N)CC12CC3CC(CC(C3)C1)C2. The molecule has 0 saturated heterocycles. The molecule has 2 amide bonds. The zero-order valence-electron chi connectivity index (χ0n) is 25.7. The van der Waals surface area contributed by atoms with Gasteiger partial charge in [-0.05, 0) is 110 Å². The van der Waals surface area contributed by atoms with Crippen LogP contribution in [0, 0.1) is 29.0 Å². The van der Waals surface area contributed by atoms with Gasteiger partial charge in [0.2, 0.25) is 18.1 Å². The van der Waals surface area contributed by atoms with Crippen molar-refractivity contribution < 1.29 is 33.8 Å². The molecule has 1 radical (unpaired) electrons. The summed E-state index contributed by atoms with van der Waals surface area (Å²) in [7, 11) is 1.31. The third-order valence-electron chi connectivity index (χ3n) is 10.4. The van der Waals surface area contributed by atoms with Crippen molar-refractivity contribution in [1.29, 1.82) is 0 Å². The summed E-state index contributed by atoms with van der Waals surface area (Å²) >= 11 is 0. The zero-order chi connectivity index (χ0) is 32.4. The first-order chi connectivity index (χ1) is 21.5. The summed E-state index contributed by atoms with van der Waals surface area (Å²) in [5.41, 5.74) is 5.39. The standard InChI is InChI=1S/C35H43FN3O6/c1-39(31(43)11-6-22-2-7-27(36)8-3-22)35(21-41,18-23-4-9-28(42)10-5-23)32(44)30(20-40)38-33(45)29(37)19-34-15-24-12-25(16-34)14-26(13-24)17-34/h2-5,7-10,24-26,29-30,40,42H,6,11-20,37H2,1H3,(H,38,45)/t24?,25?,26?,29-,30-,34?,35-/m0/s1. The number of aliphatic hydroxyl groups is 1. The Labute approximate surface area is 263 Å². The zero-order valence-corrected chi connectivity index (χ0v) is 25.7. The van der Waals surface area contributed by atoms with Gasteiger partial charge in [0, 0.05) is 19.9 Å². The molecule has 9 nitrogen and oxygen atoms in total. The highest BCUT2D eigenvalue weighted by molar-refractivity contribution is 6.10. The van der Waals surface area contributed by atoms with Gasteiger partial charge >= 0.3 is 0 Å². The lowest BCUT2D eigenvalue weighted by Gasteiger charge is -2.57. The number of carbonyl (C=O) groups excluding carboxylic acids is 4. The molecule has 0 unspecified atom stereocenters. The Balaban J connectivity index is 1.33. The highest BCUT2D eigenvalue weighted by Crippen LogP contribution is 2.61. The first kappa shape index (κ1) is 32.8. The summed E-state index contributed by atoms with van der Waals surface area (Å²) in [4.78, 5) is 54.8. The van der Waals surface area contributed by atoms with Gasteiger partial charge in [0.1, 0.15) is 17.6 Å². The number of aromatic hydroxyl groups is 1. The smallest absolute Gasteiger partial charge is 0.237 e. The average molecular weight is 621 g/mol. The number of ketones is 1. The van der Waals surface area contributed by atoms with Crippen LogP contribution < -0.4 is 11.1 Å². The molecule has 0 spiro atoms. The first-order valence-electron chi connectivity index (χ1n) is 15.9. The van der Waals surface area contributed by atoms with E-state index in [9.17, 15) is 33.8 Å². The molecule has 2 aromatic carbocycles. The molecule has 4 aliphatic carbocycles. The second-order valence-corrected chi connectivity index (χ2v) is 13.7. The summed E-state index contributed by atoms with van der Waals surface area (Å²) in [5, 5.41) is 22.7. The van der Waals surface area contributed by atoms with E-state index >= 15 is 0 Å². The molecular formula is C35H43FN3O6. The van der Waals surface area contributed by atoms with E-state index in [0.29, 0.717) is 35.3 Å². The van der Waals surface area contributed by atoms with Gasteiger partial charge in [-0.25, -0.2) is 4.39 Å². The fourth-order valence-corrected chi connectivity index (χ4v) is 8.58. The Hall–Kier alpha value is -3.63. The molecule has 4 aliphatic rings. The van der Waals surface area contributed by atoms with Crippen LogP contribution in [-0.2, 0) is 32.0 Å². The number of likely N-dealkylation sites (N-methyl/N-ethyl adjacent to an activating group) is 1. The van der Waals surface area contributed by atoms with Crippen molar-refractivity contribution in [3.8, 4) is 5.75 Å². The monoisotopic (exact) mass is 620 g/mol. The van der Waals surface area contributed by atoms with Gasteiger partial charge in [0.05, 0.1) is 12.6 Å². The number of halogens is 1. The fourth-order valence-electron chi connectivity index (χ4n) is 8.58. The number of nitrogens with two attached hydrogens (primary N) is 1. The van der Waals surface area contributed by atoms with Crippen LogP contribution in [0.25, 0.3) is 0 Å². The minimum Gasteiger partial charge on any atom is -0.508 e. The number of Topliss-reactive ketones (excluding diaryl/α,β-unsaturated/α-hetero) is 1. The van der Waals surface area contributed by atoms with Crippen LogP contribution >= 0.6 is 0 Å². The van der Waals surface area contributed by atoms with Crippen LogP contribution in [0.3, 0.4) is 0 Å². The van der Waals surface area contributed by atoms with E-state index in [4.69, 9.17) is 5.73 Å². The van der Waals surface area contributed by atoms with Crippen LogP contribution in [0.5, 0.6) is 5.75 Å². The molecule has 4 saturated carbocycles. The van der Waals surface area contributed by atoms with Crippen molar-refractivity contribution in [3.63, 3.8) is 0 Å². The molecule has 5 N–H and O–H groups in total. The largest absolute Gasteiger partial charge is 0.508 e. The van der Waals surface area contributed by atoms with E-state index in [1.54, 1.807) is 18.4 Å². The van der Waals surface area contributed by atoms with Crippen molar-refractivity contribution in [2.45, 2.75) is 81.8 Å². The van der Waals surface area contributed by atoms with Crippen LogP contribution in [0.4, 0.5) is 4.39 Å². The van der Waals surface area contributed by atoms with Gasteiger partial charge in [-0.1, -0.05) is 24.3 Å². The van der Waals surface area contributed by atoms with Crippen molar-refractivity contribution in [2.24, 2.45) is 28.9 Å². The summed E-state index contributed by atoms with van der Waals surface area (Å²) in [6.07, 6.45) is 9.04. The number of phenols is 1. The lowest BCUT2D eigenvalue weighted by atomic mass is 9.48. The molecule has 4 fully saturated rings. The molecule has 6 rings (SSSR count). The maximum atomic E-state index is 14.2. The van der Waals surface area contributed by atoms with Gasteiger partial charge in [-0.15, -0.1) is 0 Å². The van der Waals surface area contributed by atoms with E-state index in [1.165, 1.54) is 62.7 Å². The van der Waals surface area contributed by atoms with E-state index in [-0.39, 0.29) is 30.4 Å². The molecule has 2 aromatic rings. The molecule has 10 heteroatoms. The number of aliphatic hydroxyl groups excluding tert-OH is 1. The number of benzene rings is 2. The van der Waals surface area contributed by atoms with Crippen LogP contribution in [0.2, 0.25) is 0 Å². The number of carbonyl (C=O) groups is 3. The number of amides is 2. The highest BCUT2D eigenvalue weighted by atomic mass is 19.1. The number of aryl methyl sites for hydroxylation is 1. The van der Waals surface area contributed by atoms with Gasteiger partial charge in [-0.3, -0.25) is 19.2 Å². The Bertz CT molecular complexity index is 1360. The maximum absolute atomic E-state index is 14.2. The Morgan fingerprint density at radius 2 is 1.58 bits per heavy atom. The van der Waals surface area contributed by atoms with Gasteiger partial charge in [0.15, 0.2) is 11.3 Å². The fraction of sp³-hybridized carbons (Fsp3) is 0.543. The van der Waals surface area contributed by atoms with Crippen LogP contribution in [0.1, 0.15) is 62.5 Å². The number of phenolic OH excluding ortho intramolecular Hbond substituents is 1. The van der Waals surface area contributed by atoms with Crippen molar-refractivity contribution in [1.82, 2.24) is 10.2 Å². The Morgan fingerprint density at radius 3 is 2.11 bits per heavy atom. The number of nitrogens with one attached hydrogen (secondary N) is 1. The number of rotatable bonds is 14. The minimum atomic E-state index is -2.21. The number of hydrogen-bond acceptors (Lipinski definition) is 7. The molecule has 3 atom stereocenters. The van der Waals surface area contributed by atoms with Gasteiger partial charge < -0.3 is 26.2 Å². The molecule has 0 aliphatic heterocycles. The second kappa shape index (κ2) is 13.4. The highest BCUT2D eigenvalue weighted by Gasteiger charge is 2.52. The normalized spacial score (nSPS) is 26.0. The van der Waals surface area contributed by atoms with Crippen molar-refractivity contribution in [3.05, 3.63) is 65.5 Å². The third-order valence-corrected chi connectivity index (χ3v) is 10.4. The molecule has 241 valence electrons. The molecule has 4 bridgehead atoms.